The van der Waals surface area contributed by atoms with Crippen molar-refractivity contribution in [2.24, 2.45) is 16.5 Å². The Hall–Kier alpha value is -2.40. The van der Waals surface area contributed by atoms with E-state index < -0.39 is 0 Å². The van der Waals surface area contributed by atoms with Crippen LogP contribution in [0.4, 0.5) is 0 Å². The molecule has 0 bridgehead atoms. The molecule has 106 valence electrons. The first-order valence-corrected chi connectivity index (χ1v) is 6.25. The molecule has 0 unspecified atom stereocenters. The largest absolute Gasteiger partial charge is 0.393 e. The summed E-state index contributed by atoms with van der Waals surface area (Å²) in [5.41, 5.74) is 13.0. The molecule has 5 nitrogen and oxygen atoms in total. The topological polar surface area (TPSA) is 88.5 Å². The van der Waals surface area contributed by atoms with Crippen LogP contribution in [0.3, 0.4) is 0 Å². The summed E-state index contributed by atoms with van der Waals surface area (Å²) in [5, 5.41) is 5.74. The van der Waals surface area contributed by atoms with E-state index in [0.29, 0.717) is 12.4 Å². The quantitative estimate of drug-likeness (QED) is 0.350. The molecular weight excluding hydrogens is 274 g/mol. The lowest BCUT2D eigenvalue weighted by atomic mass is 10.2. The Morgan fingerprint density at radius 1 is 1.30 bits per heavy atom. The fraction of sp³-hybridized carbons (Fsp3) is 0.0714. The van der Waals surface area contributed by atoms with Crippen molar-refractivity contribution in [1.82, 2.24) is 10.6 Å². The summed E-state index contributed by atoms with van der Waals surface area (Å²) >= 11 is 5.68. The standard InChI is InChI=1S/C14H18ClN5/c1-3-18-14(20-10(2)15)12(16)13(17)19-9-11-7-5-4-6-8-11/h3-8,18,20H,1-2,9,16H2,(H2,17,19). The minimum Gasteiger partial charge on any atom is -0.393 e. The Morgan fingerprint density at radius 2 is 1.95 bits per heavy atom. The number of nitrogens with one attached hydrogen (secondary N) is 2. The van der Waals surface area contributed by atoms with Crippen molar-refractivity contribution in [3.8, 4) is 0 Å². The molecule has 0 heterocycles. The molecule has 1 aromatic rings. The van der Waals surface area contributed by atoms with E-state index in [1.54, 1.807) is 0 Å². The Labute approximate surface area is 123 Å². The molecule has 20 heavy (non-hydrogen) atoms. The molecule has 6 N–H and O–H groups in total. The molecule has 0 amide bonds. The molecule has 0 aliphatic carbocycles. The molecule has 0 spiro atoms. The van der Waals surface area contributed by atoms with Crippen molar-refractivity contribution in [1.29, 1.82) is 0 Å². The van der Waals surface area contributed by atoms with Gasteiger partial charge in [0.05, 0.1) is 6.54 Å². The zero-order valence-electron chi connectivity index (χ0n) is 11.1. The van der Waals surface area contributed by atoms with Gasteiger partial charge in [-0.3, -0.25) is 4.99 Å². The maximum atomic E-state index is 5.91. The van der Waals surface area contributed by atoms with Crippen LogP contribution in [0, 0.1) is 0 Å². The highest BCUT2D eigenvalue weighted by Gasteiger charge is 2.06. The maximum Gasteiger partial charge on any atom is 0.146 e. The van der Waals surface area contributed by atoms with E-state index in [-0.39, 0.29) is 16.7 Å². The highest BCUT2D eigenvalue weighted by atomic mass is 35.5. The highest BCUT2D eigenvalue weighted by molar-refractivity contribution is 6.29. The number of amidine groups is 1. The molecule has 0 saturated carbocycles. The van der Waals surface area contributed by atoms with E-state index in [2.05, 4.69) is 28.8 Å². The van der Waals surface area contributed by atoms with Crippen LogP contribution in [0.25, 0.3) is 0 Å². The predicted molar refractivity (Wildman–Crippen MR) is 84.4 cm³/mol. The number of rotatable bonds is 7. The normalized spacial score (nSPS) is 12.3. The number of hydrogen-bond acceptors (Lipinski definition) is 4. The maximum absolute atomic E-state index is 5.91. The summed E-state index contributed by atoms with van der Waals surface area (Å²) in [6.07, 6.45) is 1.44. The van der Waals surface area contributed by atoms with Gasteiger partial charge in [0.2, 0.25) is 0 Å². The molecule has 1 aromatic carbocycles. The molecule has 6 heteroatoms. The fourth-order valence-electron chi connectivity index (χ4n) is 1.39. The lowest BCUT2D eigenvalue weighted by Crippen LogP contribution is -2.32. The van der Waals surface area contributed by atoms with E-state index in [1.165, 1.54) is 6.20 Å². The molecule has 0 aliphatic rings. The Bertz CT molecular complexity index is 534. The van der Waals surface area contributed by atoms with Gasteiger partial charge in [-0.15, -0.1) is 0 Å². The van der Waals surface area contributed by atoms with Gasteiger partial charge in [-0.05, 0) is 11.8 Å². The second-order valence-electron chi connectivity index (χ2n) is 3.85. The van der Waals surface area contributed by atoms with Crippen LogP contribution in [0.15, 0.2) is 71.4 Å². The molecular formula is C14H18ClN5. The third kappa shape index (κ3) is 5.07. The van der Waals surface area contributed by atoms with Crippen LogP contribution in [-0.4, -0.2) is 5.84 Å². The zero-order chi connectivity index (χ0) is 15.0. The summed E-state index contributed by atoms with van der Waals surface area (Å²) in [5.74, 6) is 0.581. The molecule has 0 fully saturated rings. The van der Waals surface area contributed by atoms with Crippen molar-refractivity contribution in [3.63, 3.8) is 0 Å². The second kappa shape index (κ2) is 7.91. The minimum atomic E-state index is 0.198. The minimum absolute atomic E-state index is 0.198. The molecule has 0 saturated heterocycles. The van der Waals surface area contributed by atoms with Crippen LogP contribution >= 0.6 is 11.6 Å². The molecule has 1 rings (SSSR count). The summed E-state index contributed by atoms with van der Waals surface area (Å²) < 4.78 is 0. The number of aliphatic imine (C=N–C) groups is 1. The summed E-state index contributed by atoms with van der Waals surface area (Å²) in [6.45, 7) is 7.51. The van der Waals surface area contributed by atoms with Crippen molar-refractivity contribution in [2.75, 3.05) is 0 Å². The van der Waals surface area contributed by atoms with Crippen LogP contribution in [0.5, 0.6) is 0 Å². The summed E-state index contributed by atoms with van der Waals surface area (Å²) in [4.78, 5) is 4.23. The van der Waals surface area contributed by atoms with Crippen molar-refractivity contribution in [2.45, 2.75) is 6.54 Å². The first-order valence-electron chi connectivity index (χ1n) is 5.87. The van der Waals surface area contributed by atoms with Gasteiger partial charge in [0.25, 0.3) is 0 Å². The lowest BCUT2D eigenvalue weighted by molar-refractivity contribution is 0.880. The number of benzene rings is 1. The van der Waals surface area contributed by atoms with E-state index in [4.69, 9.17) is 23.1 Å². The lowest BCUT2D eigenvalue weighted by Gasteiger charge is -2.12. The van der Waals surface area contributed by atoms with Crippen LogP contribution in [0.2, 0.25) is 0 Å². The zero-order valence-corrected chi connectivity index (χ0v) is 11.8. The van der Waals surface area contributed by atoms with Gasteiger partial charge < -0.3 is 22.1 Å². The third-order valence-electron chi connectivity index (χ3n) is 2.33. The Kier molecular flexibility index (Phi) is 6.19. The smallest absolute Gasteiger partial charge is 0.146 e. The average Bonchev–Trinajstić information content (AvgIpc) is 2.44. The molecule has 0 radical (unpaired) electrons. The third-order valence-corrected chi connectivity index (χ3v) is 2.42. The molecule has 0 aromatic heterocycles. The number of nitrogens with zero attached hydrogens (tertiary/aromatic N) is 1. The summed E-state index contributed by atoms with van der Waals surface area (Å²) in [7, 11) is 0. The number of halogens is 1. The van der Waals surface area contributed by atoms with Gasteiger partial charge in [0, 0.05) is 0 Å². The van der Waals surface area contributed by atoms with Crippen LogP contribution < -0.4 is 22.1 Å². The molecule has 0 atom stereocenters. The Balaban J connectivity index is 2.88. The van der Waals surface area contributed by atoms with Gasteiger partial charge >= 0.3 is 0 Å². The summed E-state index contributed by atoms with van der Waals surface area (Å²) in [6, 6.07) is 9.72. The van der Waals surface area contributed by atoms with E-state index in [0.717, 1.165) is 5.56 Å². The van der Waals surface area contributed by atoms with E-state index in [9.17, 15) is 0 Å². The van der Waals surface area contributed by atoms with Gasteiger partial charge in [0.1, 0.15) is 22.5 Å². The monoisotopic (exact) mass is 291 g/mol. The first kappa shape index (κ1) is 15.7. The SMILES string of the molecule is C=CNC(NC(=C)Cl)=C(N)C(N)=NCc1ccccc1. The van der Waals surface area contributed by atoms with E-state index in [1.807, 2.05) is 30.3 Å². The average molecular weight is 292 g/mol. The first-order chi connectivity index (χ1) is 9.54. The van der Waals surface area contributed by atoms with Crippen molar-refractivity contribution in [3.05, 3.63) is 71.9 Å². The van der Waals surface area contributed by atoms with E-state index >= 15 is 0 Å². The second-order valence-corrected chi connectivity index (χ2v) is 4.31. The van der Waals surface area contributed by atoms with Crippen LogP contribution in [-0.2, 0) is 6.54 Å². The number of hydrogen-bond donors (Lipinski definition) is 4. The van der Waals surface area contributed by atoms with Gasteiger partial charge in [-0.25, -0.2) is 0 Å². The number of nitrogens with two attached hydrogens (primary N) is 2. The van der Waals surface area contributed by atoms with Gasteiger partial charge in [-0.1, -0.05) is 55.1 Å². The highest BCUT2D eigenvalue weighted by Crippen LogP contribution is 2.03. The Morgan fingerprint density at radius 3 is 2.50 bits per heavy atom. The van der Waals surface area contributed by atoms with Crippen molar-refractivity contribution < 1.29 is 0 Å². The predicted octanol–water partition coefficient (Wildman–Crippen LogP) is 1.70. The fourth-order valence-corrected chi connectivity index (χ4v) is 1.49. The van der Waals surface area contributed by atoms with Gasteiger partial charge in [-0.2, -0.15) is 0 Å². The van der Waals surface area contributed by atoms with Gasteiger partial charge in [0.15, 0.2) is 0 Å². The van der Waals surface area contributed by atoms with Crippen LogP contribution in [0.1, 0.15) is 5.56 Å². The van der Waals surface area contributed by atoms with Crippen molar-refractivity contribution >= 4 is 17.4 Å². The molecule has 0 aliphatic heterocycles.